The molecule has 6 heteroatoms. The SMILES string of the molecule is Cc1cccc(SC(=Nc2ccc(Cl)c(Cl)c2)N(Cc2ccccc2)Cc2cccc(O)c2)c1. The van der Waals surface area contributed by atoms with Crippen LogP contribution in [0.3, 0.4) is 0 Å². The smallest absolute Gasteiger partial charge is 0.169 e. The average molecular weight is 507 g/mol. The van der Waals surface area contributed by atoms with Gasteiger partial charge in [-0.05, 0) is 60.5 Å². The predicted octanol–water partition coefficient (Wildman–Crippen LogP) is 8.49. The maximum Gasteiger partial charge on any atom is 0.169 e. The summed E-state index contributed by atoms with van der Waals surface area (Å²) in [4.78, 5) is 8.30. The number of halogens is 2. The summed E-state index contributed by atoms with van der Waals surface area (Å²) in [5.74, 6) is 0.242. The predicted molar refractivity (Wildman–Crippen MR) is 144 cm³/mol. The number of phenolic OH excluding ortho intramolecular Hbond substituents is 1. The van der Waals surface area contributed by atoms with E-state index in [-0.39, 0.29) is 5.75 Å². The first-order valence-electron chi connectivity index (χ1n) is 10.8. The molecule has 0 aliphatic rings. The second kappa shape index (κ2) is 11.5. The number of thioether (sulfide) groups is 1. The summed E-state index contributed by atoms with van der Waals surface area (Å²) in [6.45, 7) is 3.30. The van der Waals surface area contributed by atoms with E-state index in [0.29, 0.717) is 23.1 Å². The van der Waals surface area contributed by atoms with Crippen molar-refractivity contribution in [2.24, 2.45) is 4.99 Å². The van der Waals surface area contributed by atoms with Crippen LogP contribution in [0.15, 0.2) is 107 Å². The second-order valence-electron chi connectivity index (χ2n) is 7.92. The lowest BCUT2D eigenvalue weighted by atomic mass is 10.1. The van der Waals surface area contributed by atoms with Crippen molar-refractivity contribution in [2.75, 3.05) is 0 Å². The lowest BCUT2D eigenvalue weighted by molar-refractivity contribution is 0.412. The van der Waals surface area contributed by atoms with E-state index < -0.39 is 0 Å². The number of aromatic hydroxyl groups is 1. The number of aliphatic imine (C=N–C) groups is 1. The maximum absolute atomic E-state index is 10.0. The molecule has 172 valence electrons. The van der Waals surface area contributed by atoms with Gasteiger partial charge in [-0.3, -0.25) is 0 Å². The van der Waals surface area contributed by atoms with Gasteiger partial charge in [0.2, 0.25) is 0 Å². The Kier molecular flexibility index (Phi) is 8.17. The molecule has 0 heterocycles. The first-order valence-corrected chi connectivity index (χ1v) is 12.4. The van der Waals surface area contributed by atoms with Crippen LogP contribution in [0.4, 0.5) is 5.69 Å². The quantitative estimate of drug-likeness (QED) is 0.162. The third-order valence-corrected chi connectivity index (χ3v) is 6.86. The zero-order chi connectivity index (χ0) is 23.9. The van der Waals surface area contributed by atoms with Crippen LogP contribution in [0.2, 0.25) is 10.0 Å². The standard InChI is InChI=1S/C28H24Cl2N2OS/c1-20-7-5-12-25(15-20)34-28(31-23-13-14-26(29)27(30)17-23)32(18-21-8-3-2-4-9-21)19-22-10-6-11-24(33)16-22/h2-17,33H,18-19H2,1H3. The van der Waals surface area contributed by atoms with E-state index in [0.717, 1.165) is 26.9 Å². The number of amidine groups is 1. The molecular weight excluding hydrogens is 483 g/mol. The number of hydrogen-bond acceptors (Lipinski definition) is 3. The van der Waals surface area contributed by atoms with Crippen LogP contribution in [0.25, 0.3) is 0 Å². The molecule has 4 rings (SSSR count). The Morgan fingerprint density at radius 3 is 2.26 bits per heavy atom. The number of benzene rings is 4. The highest BCUT2D eigenvalue weighted by molar-refractivity contribution is 8.13. The highest BCUT2D eigenvalue weighted by Gasteiger charge is 2.16. The van der Waals surface area contributed by atoms with Gasteiger partial charge in [0.15, 0.2) is 5.17 Å². The summed E-state index contributed by atoms with van der Waals surface area (Å²) < 4.78 is 0. The Morgan fingerprint density at radius 2 is 1.53 bits per heavy atom. The van der Waals surface area contributed by atoms with Gasteiger partial charge in [-0.2, -0.15) is 0 Å². The van der Waals surface area contributed by atoms with Crippen LogP contribution >= 0.6 is 35.0 Å². The molecule has 34 heavy (non-hydrogen) atoms. The van der Waals surface area contributed by atoms with Crippen molar-refractivity contribution in [2.45, 2.75) is 24.9 Å². The number of phenols is 1. The molecule has 0 amide bonds. The molecule has 0 atom stereocenters. The Morgan fingerprint density at radius 1 is 0.794 bits per heavy atom. The van der Waals surface area contributed by atoms with Gasteiger partial charge in [0.05, 0.1) is 15.7 Å². The van der Waals surface area contributed by atoms with E-state index in [1.807, 2.05) is 42.5 Å². The third-order valence-electron chi connectivity index (χ3n) is 5.10. The minimum atomic E-state index is 0.242. The van der Waals surface area contributed by atoms with Crippen molar-refractivity contribution in [3.8, 4) is 5.75 Å². The lowest BCUT2D eigenvalue weighted by Gasteiger charge is -2.26. The van der Waals surface area contributed by atoms with Crippen LogP contribution in [-0.2, 0) is 13.1 Å². The van der Waals surface area contributed by atoms with Gasteiger partial charge < -0.3 is 10.0 Å². The molecule has 0 aromatic heterocycles. The van der Waals surface area contributed by atoms with Crippen LogP contribution < -0.4 is 0 Å². The average Bonchev–Trinajstić information content (AvgIpc) is 2.81. The summed E-state index contributed by atoms with van der Waals surface area (Å²) in [6, 6.07) is 31.3. The van der Waals surface area contributed by atoms with Crippen LogP contribution in [0.1, 0.15) is 16.7 Å². The number of hydrogen-bond donors (Lipinski definition) is 1. The Balaban J connectivity index is 1.77. The molecule has 0 spiro atoms. The zero-order valence-corrected chi connectivity index (χ0v) is 21.0. The summed E-state index contributed by atoms with van der Waals surface area (Å²) in [7, 11) is 0. The summed E-state index contributed by atoms with van der Waals surface area (Å²) in [6.07, 6.45) is 0. The molecule has 0 bridgehead atoms. The van der Waals surface area contributed by atoms with Crippen molar-refractivity contribution in [3.63, 3.8) is 0 Å². The molecule has 4 aromatic rings. The fourth-order valence-electron chi connectivity index (χ4n) is 3.48. The molecule has 0 fully saturated rings. The van der Waals surface area contributed by atoms with Crippen LogP contribution in [0, 0.1) is 6.92 Å². The minimum Gasteiger partial charge on any atom is -0.508 e. The van der Waals surface area contributed by atoms with E-state index in [4.69, 9.17) is 28.2 Å². The maximum atomic E-state index is 10.0. The van der Waals surface area contributed by atoms with Crippen molar-refractivity contribution >= 4 is 45.8 Å². The van der Waals surface area contributed by atoms with Gasteiger partial charge in [-0.25, -0.2) is 4.99 Å². The Bertz CT molecular complexity index is 1290. The fraction of sp³-hybridized carbons (Fsp3) is 0.107. The first kappa shape index (κ1) is 24.2. The van der Waals surface area contributed by atoms with Gasteiger partial charge >= 0.3 is 0 Å². The van der Waals surface area contributed by atoms with Gasteiger partial charge in [0, 0.05) is 18.0 Å². The third kappa shape index (κ3) is 6.80. The van der Waals surface area contributed by atoms with Gasteiger partial charge in [0.25, 0.3) is 0 Å². The van der Waals surface area contributed by atoms with E-state index in [2.05, 4.69) is 42.2 Å². The highest BCUT2D eigenvalue weighted by Crippen LogP contribution is 2.31. The molecule has 0 aliphatic carbocycles. The number of aryl methyl sites for hydroxylation is 1. The molecule has 0 unspecified atom stereocenters. The zero-order valence-electron chi connectivity index (χ0n) is 18.7. The molecular formula is C28H24Cl2N2OS. The summed E-state index contributed by atoms with van der Waals surface area (Å²) >= 11 is 14.0. The molecule has 0 aliphatic heterocycles. The van der Waals surface area contributed by atoms with Crippen molar-refractivity contribution in [1.82, 2.24) is 4.90 Å². The van der Waals surface area contributed by atoms with Gasteiger partial charge in [-0.15, -0.1) is 0 Å². The van der Waals surface area contributed by atoms with Crippen LogP contribution in [0.5, 0.6) is 5.75 Å². The summed E-state index contributed by atoms with van der Waals surface area (Å²) in [5.41, 5.74) is 4.05. The van der Waals surface area contributed by atoms with E-state index in [9.17, 15) is 5.11 Å². The second-order valence-corrected chi connectivity index (χ2v) is 9.78. The number of nitrogens with zero attached hydrogens (tertiary/aromatic N) is 2. The number of rotatable bonds is 6. The molecule has 4 aromatic carbocycles. The summed E-state index contributed by atoms with van der Waals surface area (Å²) in [5, 5.41) is 11.8. The van der Waals surface area contributed by atoms with Crippen molar-refractivity contribution in [1.29, 1.82) is 0 Å². The van der Waals surface area contributed by atoms with E-state index in [1.54, 1.807) is 36.0 Å². The monoisotopic (exact) mass is 506 g/mol. The minimum absolute atomic E-state index is 0.242. The van der Waals surface area contributed by atoms with Crippen molar-refractivity contribution < 1.29 is 5.11 Å². The Labute approximate surface area is 214 Å². The largest absolute Gasteiger partial charge is 0.508 e. The van der Waals surface area contributed by atoms with Gasteiger partial charge in [0.1, 0.15) is 5.75 Å². The van der Waals surface area contributed by atoms with E-state index >= 15 is 0 Å². The highest BCUT2D eigenvalue weighted by atomic mass is 35.5. The molecule has 3 nitrogen and oxygen atoms in total. The lowest BCUT2D eigenvalue weighted by Crippen LogP contribution is -2.28. The molecule has 0 saturated carbocycles. The van der Waals surface area contributed by atoms with Crippen LogP contribution in [-0.4, -0.2) is 15.2 Å². The molecule has 1 N–H and O–H groups in total. The molecule has 0 radical (unpaired) electrons. The van der Waals surface area contributed by atoms with Crippen molar-refractivity contribution in [3.05, 3.63) is 124 Å². The van der Waals surface area contributed by atoms with E-state index in [1.165, 1.54) is 5.56 Å². The topological polar surface area (TPSA) is 35.8 Å². The molecule has 0 saturated heterocycles. The fourth-order valence-corrected chi connectivity index (χ4v) is 4.78. The van der Waals surface area contributed by atoms with Gasteiger partial charge in [-0.1, -0.05) is 95.1 Å². The Hall–Kier alpha value is -2.92. The first-order chi connectivity index (χ1) is 16.5. The normalized spacial score (nSPS) is 11.4.